The van der Waals surface area contributed by atoms with Crippen molar-refractivity contribution in [3.05, 3.63) is 48.6 Å². The van der Waals surface area contributed by atoms with Crippen molar-refractivity contribution in [2.45, 2.75) is 303 Å². The molecule has 66 heavy (non-hydrogen) atoms. The summed E-state index contributed by atoms with van der Waals surface area (Å²) < 4.78 is 16.8. The number of carbonyl (C=O) groups is 3. The molecular formula is C60H108O6. The summed E-state index contributed by atoms with van der Waals surface area (Å²) in [5.41, 5.74) is 0. The molecule has 0 aliphatic heterocycles. The van der Waals surface area contributed by atoms with Crippen LogP contribution in [0.25, 0.3) is 0 Å². The Bertz CT molecular complexity index is 1150. The molecule has 0 spiro atoms. The molecular weight excluding hydrogens is 817 g/mol. The van der Waals surface area contributed by atoms with Gasteiger partial charge in [-0.2, -0.15) is 0 Å². The quantitative estimate of drug-likeness (QED) is 0.0199. The van der Waals surface area contributed by atoms with Crippen LogP contribution in [0, 0.1) is 0 Å². The molecule has 0 heterocycles. The predicted octanol–water partition coefficient (Wildman–Crippen LogP) is 19.0. The highest BCUT2D eigenvalue weighted by molar-refractivity contribution is 5.71. The zero-order valence-electron chi connectivity index (χ0n) is 44.0. The van der Waals surface area contributed by atoms with Crippen molar-refractivity contribution in [1.29, 1.82) is 0 Å². The minimum atomic E-state index is -0.782. The molecule has 0 aliphatic carbocycles. The molecule has 0 bridgehead atoms. The molecule has 0 saturated heterocycles. The lowest BCUT2D eigenvalue weighted by Gasteiger charge is -2.18. The van der Waals surface area contributed by atoms with Crippen LogP contribution in [0.2, 0.25) is 0 Å². The van der Waals surface area contributed by atoms with Gasteiger partial charge in [0.1, 0.15) is 13.2 Å². The highest BCUT2D eigenvalue weighted by atomic mass is 16.6. The third kappa shape index (κ3) is 52.3. The Morgan fingerprint density at radius 3 is 0.955 bits per heavy atom. The lowest BCUT2D eigenvalue weighted by Crippen LogP contribution is -2.30. The zero-order valence-corrected chi connectivity index (χ0v) is 44.0. The van der Waals surface area contributed by atoms with E-state index in [1.165, 1.54) is 167 Å². The minimum Gasteiger partial charge on any atom is -0.462 e. The van der Waals surface area contributed by atoms with Crippen molar-refractivity contribution in [2.75, 3.05) is 13.2 Å². The van der Waals surface area contributed by atoms with E-state index in [-0.39, 0.29) is 31.1 Å². The fourth-order valence-electron chi connectivity index (χ4n) is 8.32. The fraction of sp³-hybridized carbons (Fsp3) is 0.817. The number of ether oxygens (including phenoxy) is 3. The summed E-state index contributed by atoms with van der Waals surface area (Å²) in [6.45, 7) is 6.52. The van der Waals surface area contributed by atoms with Gasteiger partial charge in [0.05, 0.1) is 0 Å². The molecule has 6 nitrogen and oxygen atoms in total. The molecule has 384 valence electrons. The zero-order chi connectivity index (χ0) is 47.9. The van der Waals surface area contributed by atoms with Crippen LogP contribution in [0.4, 0.5) is 0 Å². The van der Waals surface area contributed by atoms with E-state index in [9.17, 15) is 14.4 Å². The average Bonchev–Trinajstić information content (AvgIpc) is 3.31. The molecule has 0 aliphatic rings. The molecule has 0 aromatic rings. The summed E-state index contributed by atoms with van der Waals surface area (Å²) >= 11 is 0. The molecule has 6 heteroatoms. The van der Waals surface area contributed by atoms with Crippen LogP contribution >= 0.6 is 0 Å². The molecule has 0 amide bonds. The molecule has 0 radical (unpaired) electrons. The molecule has 0 N–H and O–H groups in total. The van der Waals surface area contributed by atoms with Gasteiger partial charge in [0.15, 0.2) is 6.10 Å². The predicted molar refractivity (Wildman–Crippen MR) is 284 cm³/mol. The number of rotatable bonds is 52. The average molecular weight is 926 g/mol. The van der Waals surface area contributed by atoms with Crippen molar-refractivity contribution >= 4 is 17.9 Å². The lowest BCUT2D eigenvalue weighted by molar-refractivity contribution is -0.167. The molecule has 0 fully saturated rings. The Morgan fingerprint density at radius 2 is 0.606 bits per heavy atom. The first-order valence-electron chi connectivity index (χ1n) is 28.7. The van der Waals surface area contributed by atoms with E-state index in [2.05, 4.69) is 69.4 Å². The smallest absolute Gasteiger partial charge is 0.306 e. The van der Waals surface area contributed by atoms with Crippen LogP contribution in [-0.2, 0) is 28.6 Å². The standard InChI is InChI=1S/C60H108O6/c1-4-7-10-13-16-19-22-25-27-29-31-32-35-38-41-44-47-50-53-59(62)65-56-57(55-64-58(61)52-49-46-43-40-37-34-24-21-18-15-12-9-6-3)66-60(63)54-51-48-45-42-39-36-33-30-28-26-23-20-17-14-11-8-5-2/h9,12,15,18,21,24,31-32,57H,4-8,10-11,13-14,16-17,19-20,22-23,25-30,33-56H2,1-3H3/b12-9+,18-15+,24-21+,32-31+. The minimum absolute atomic E-state index is 0.0814. The molecule has 0 saturated carbocycles. The summed E-state index contributed by atoms with van der Waals surface area (Å²) in [5.74, 6) is -0.895. The van der Waals surface area contributed by atoms with Gasteiger partial charge >= 0.3 is 17.9 Å². The second-order valence-corrected chi connectivity index (χ2v) is 19.2. The van der Waals surface area contributed by atoms with Crippen molar-refractivity contribution < 1.29 is 28.6 Å². The first kappa shape index (κ1) is 63.4. The first-order valence-corrected chi connectivity index (χ1v) is 28.7. The van der Waals surface area contributed by atoms with Crippen LogP contribution < -0.4 is 0 Å². The normalized spacial score (nSPS) is 12.3. The Morgan fingerprint density at radius 1 is 0.318 bits per heavy atom. The third-order valence-electron chi connectivity index (χ3n) is 12.6. The molecule has 0 aromatic heterocycles. The molecule has 1 unspecified atom stereocenters. The topological polar surface area (TPSA) is 78.9 Å². The highest BCUT2D eigenvalue weighted by Crippen LogP contribution is 2.16. The number of carbonyl (C=O) groups excluding carboxylic acids is 3. The second-order valence-electron chi connectivity index (χ2n) is 19.2. The van der Waals surface area contributed by atoms with E-state index < -0.39 is 6.10 Å². The maximum absolute atomic E-state index is 12.8. The van der Waals surface area contributed by atoms with Crippen LogP contribution in [0.1, 0.15) is 297 Å². The second kappa shape index (κ2) is 55.0. The van der Waals surface area contributed by atoms with Crippen molar-refractivity contribution in [3.63, 3.8) is 0 Å². The number of hydrogen-bond acceptors (Lipinski definition) is 6. The van der Waals surface area contributed by atoms with Crippen LogP contribution in [0.5, 0.6) is 0 Å². The van der Waals surface area contributed by atoms with Gasteiger partial charge in [0, 0.05) is 19.3 Å². The van der Waals surface area contributed by atoms with Crippen LogP contribution in [0.3, 0.4) is 0 Å². The van der Waals surface area contributed by atoms with E-state index in [1.807, 2.05) is 0 Å². The fourth-order valence-corrected chi connectivity index (χ4v) is 8.32. The maximum Gasteiger partial charge on any atom is 0.306 e. The van der Waals surface area contributed by atoms with Gasteiger partial charge in [-0.15, -0.1) is 0 Å². The number of allylic oxidation sites excluding steroid dienone is 8. The van der Waals surface area contributed by atoms with Crippen LogP contribution in [0.15, 0.2) is 48.6 Å². The number of hydrogen-bond donors (Lipinski definition) is 0. The van der Waals surface area contributed by atoms with Gasteiger partial charge in [-0.3, -0.25) is 14.4 Å². The monoisotopic (exact) mass is 925 g/mol. The summed E-state index contributed by atoms with van der Waals surface area (Å²) in [7, 11) is 0. The van der Waals surface area contributed by atoms with E-state index in [1.54, 1.807) is 0 Å². The van der Waals surface area contributed by atoms with E-state index in [4.69, 9.17) is 14.2 Å². The Hall–Kier alpha value is -2.63. The van der Waals surface area contributed by atoms with E-state index in [0.29, 0.717) is 19.3 Å². The molecule has 0 rings (SSSR count). The number of esters is 3. The van der Waals surface area contributed by atoms with E-state index >= 15 is 0 Å². The molecule has 1 atom stereocenters. The lowest BCUT2D eigenvalue weighted by atomic mass is 10.0. The van der Waals surface area contributed by atoms with Crippen molar-refractivity contribution in [2.24, 2.45) is 0 Å². The summed E-state index contributed by atoms with van der Waals surface area (Å²) in [5, 5.41) is 0. The van der Waals surface area contributed by atoms with Crippen molar-refractivity contribution in [3.8, 4) is 0 Å². The van der Waals surface area contributed by atoms with Crippen molar-refractivity contribution in [1.82, 2.24) is 0 Å². The Labute approximate surface area is 409 Å². The van der Waals surface area contributed by atoms with Gasteiger partial charge in [-0.05, 0) is 64.2 Å². The summed E-state index contributed by atoms with van der Waals surface area (Å²) in [6.07, 6.45) is 66.7. The summed E-state index contributed by atoms with van der Waals surface area (Å²) in [4.78, 5) is 38.1. The van der Waals surface area contributed by atoms with E-state index in [0.717, 1.165) is 89.9 Å². The third-order valence-corrected chi connectivity index (χ3v) is 12.6. The number of unbranched alkanes of at least 4 members (excludes halogenated alkanes) is 35. The first-order chi connectivity index (χ1) is 32.5. The van der Waals surface area contributed by atoms with Gasteiger partial charge in [-0.1, -0.05) is 262 Å². The van der Waals surface area contributed by atoms with Gasteiger partial charge in [-0.25, -0.2) is 0 Å². The van der Waals surface area contributed by atoms with Crippen LogP contribution in [-0.4, -0.2) is 37.2 Å². The summed E-state index contributed by atoms with van der Waals surface area (Å²) in [6, 6.07) is 0. The Balaban J connectivity index is 4.36. The van der Waals surface area contributed by atoms with Gasteiger partial charge in [0.25, 0.3) is 0 Å². The van der Waals surface area contributed by atoms with Gasteiger partial charge < -0.3 is 14.2 Å². The molecule has 0 aromatic carbocycles. The SMILES string of the molecule is CC/C=C/C=C/C=C/CCCCCCCC(=O)OCC(COC(=O)CCCCCCC/C=C/CCCCCCCCCCC)OC(=O)CCCCCCCCCCCCCCCCCCC. The largest absolute Gasteiger partial charge is 0.462 e. The Kier molecular flexibility index (Phi) is 52.8. The highest BCUT2D eigenvalue weighted by Gasteiger charge is 2.19. The maximum atomic E-state index is 12.8. The van der Waals surface area contributed by atoms with Gasteiger partial charge in [0.2, 0.25) is 0 Å².